The molecule has 0 aliphatic heterocycles. The van der Waals surface area contributed by atoms with Crippen LogP contribution in [0.1, 0.15) is 9.81 Å². The van der Waals surface area contributed by atoms with Gasteiger partial charge in [0, 0.05) is 29.3 Å². The summed E-state index contributed by atoms with van der Waals surface area (Å²) in [5, 5.41) is 2.18. The molecule has 0 spiro atoms. The number of H-pyrrole nitrogens is 1. The second kappa shape index (κ2) is 2.83. The highest BCUT2D eigenvalue weighted by Gasteiger charge is 2.11. The van der Waals surface area contributed by atoms with Crippen molar-refractivity contribution in [3.63, 3.8) is 0 Å². The number of fused-ring (bicyclic) bond motifs is 3. The molecule has 0 radical (unpaired) electrons. The van der Waals surface area contributed by atoms with E-state index in [2.05, 4.69) is 4.98 Å². The Bertz CT molecular complexity index is 741. The molecule has 74 valence electrons. The van der Waals surface area contributed by atoms with Gasteiger partial charge >= 0.3 is 0 Å². The Morgan fingerprint density at radius 2 is 2.07 bits per heavy atom. The van der Waals surface area contributed by atoms with E-state index in [-0.39, 0.29) is 0 Å². The summed E-state index contributed by atoms with van der Waals surface area (Å²) in [6, 6.07) is 9.83. The first-order chi connectivity index (χ1) is 8.48. The predicted octanol–water partition coefficient (Wildman–Crippen LogP) is 2.45. The zero-order valence-corrected chi connectivity index (χ0v) is 8.41. The first-order valence-electron chi connectivity index (χ1n) is 6.40. The van der Waals surface area contributed by atoms with Crippen molar-refractivity contribution in [2.45, 2.75) is 6.92 Å². The summed E-state index contributed by atoms with van der Waals surface area (Å²) in [6.45, 7) is -0.320. The van der Waals surface area contributed by atoms with Crippen LogP contribution < -0.4 is 4.57 Å². The van der Waals surface area contributed by atoms with Crippen LogP contribution in [0.15, 0.2) is 36.5 Å². The number of hydrogen-bond donors (Lipinski definition) is 1. The maximum Gasteiger partial charge on any atom is 0.202 e. The fourth-order valence-electron chi connectivity index (χ4n) is 2.00. The van der Waals surface area contributed by atoms with Crippen LogP contribution in [0.4, 0.5) is 0 Å². The van der Waals surface area contributed by atoms with Crippen LogP contribution >= 0.6 is 0 Å². The Kier molecular flexibility index (Phi) is 1.11. The average molecular weight is 200 g/mol. The van der Waals surface area contributed by atoms with E-state index in [0.717, 1.165) is 27.5 Å². The van der Waals surface area contributed by atoms with Crippen molar-refractivity contribution in [1.29, 1.82) is 0 Å². The number of benzene rings is 1. The quantitative estimate of drug-likeness (QED) is 0.538. The smallest absolute Gasteiger partial charge is 0.202 e. The third kappa shape index (κ3) is 1.08. The molecule has 0 aliphatic carbocycles. The van der Waals surface area contributed by atoms with E-state index >= 15 is 0 Å². The average Bonchev–Trinajstić information content (AvgIpc) is 2.68. The van der Waals surface area contributed by atoms with E-state index in [1.807, 2.05) is 37.3 Å². The van der Waals surface area contributed by atoms with Gasteiger partial charge in [-0.15, -0.1) is 0 Å². The third-order valence-corrected chi connectivity index (χ3v) is 2.86. The lowest BCUT2D eigenvalue weighted by Crippen LogP contribution is -2.31. The van der Waals surface area contributed by atoms with Crippen LogP contribution in [0.2, 0.25) is 0 Å². The van der Waals surface area contributed by atoms with Crippen LogP contribution in [0.25, 0.3) is 21.8 Å². The monoisotopic (exact) mass is 200 g/mol. The van der Waals surface area contributed by atoms with Crippen molar-refractivity contribution in [2.75, 3.05) is 0 Å². The molecule has 0 fully saturated rings. The van der Waals surface area contributed by atoms with Crippen LogP contribution in [0.5, 0.6) is 0 Å². The number of rotatable bonds is 0. The summed E-state index contributed by atoms with van der Waals surface area (Å²) < 4.78 is 23.8. The topological polar surface area (TPSA) is 19.7 Å². The van der Waals surface area contributed by atoms with Gasteiger partial charge in [-0.1, -0.05) is 18.2 Å². The Morgan fingerprint density at radius 1 is 1.20 bits per heavy atom. The summed E-state index contributed by atoms with van der Waals surface area (Å²) >= 11 is 0. The fourth-order valence-corrected chi connectivity index (χ4v) is 2.00. The number of aromatic nitrogens is 2. The molecule has 1 aromatic carbocycles. The SMILES string of the molecule is [2H]C([2H])([2H])[n+]1ccc2c([nH]c3ccccc32)c1C. The highest BCUT2D eigenvalue weighted by atomic mass is 14.9. The zero-order chi connectivity index (χ0) is 12.9. The lowest BCUT2D eigenvalue weighted by atomic mass is 10.2. The Balaban J connectivity index is 2.43. The number of nitrogens with zero attached hydrogens (tertiary/aromatic N) is 1. The minimum atomic E-state index is -2.14. The summed E-state index contributed by atoms with van der Waals surface area (Å²) in [7, 11) is 0. The second-order valence-corrected chi connectivity index (χ2v) is 3.73. The Morgan fingerprint density at radius 3 is 2.93 bits per heavy atom. The molecule has 2 aromatic heterocycles. The molecular formula is C13H13N2+. The Labute approximate surface area is 92.4 Å². The van der Waals surface area contributed by atoms with Crippen molar-refractivity contribution in [2.24, 2.45) is 6.98 Å². The fraction of sp³-hybridized carbons (Fsp3) is 0.154. The molecule has 15 heavy (non-hydrogen) atoms. The van der Waals surface area contributed by atoms with Gasteiger partial charge in [-0.25, -0.2) is 4.57 Å². The van der Waals surface area contributed by atoms with E-state index in [1.54, 1.807) is 6.20 Å². The van der Waals surface area contributed by atoms with Gasteiger partial charge in [0.1, 0.15) is 16.6 Å². The van der Waals surface area contributed by atoms with Crippen LogP contribution in [0.3, 0.4) is 0 Å². The van der Waals surface area contributed by atoms with Gasteiger partial charge in [-0.3, -0.25) is 0 Å². The van der Waals surface area contributed by atoms with Gasteiger partial charge in [0.05, 0.1) is 0 Å². The first-order valence-corrected chi connectivity index (χ1v) is 4.90. The molecule has 2 heterocycles. The molecule has 0 aliphatic rings. The molecule has 0 saturated heterocycles. The lowest BCUT2D eigenvalue weighted by Gasteiger charge is -1.94. The number of aryl methyl sites for hydroxylation is 2. The van der Waals surface area contributed by atoms with Gasteiger partial charge in [-0.2, -0.15) is 0 Å². The number of hydrogen-bond acceptors (Lipinski definition) is 0. The first kappa shape index (κ1) is 5.91. The van der Waals surface area contributed by atoms with E-state index in [0.29, 0.717) is 0 Å². The molecule has 2 nitrogen and oxygen atoms in total. The van der Waals surface area contributed by atoms with E-state index in [9.17, 15) is 0 Å². The molecule has 0 atom stereocenters. The Hall–Kier alpha value is -1.83. The zero-order valence-electron chi connectivity index (χ0n) is 11.4. The molecule has 0 unspecified atom stereocenters. The highest BCUT2D eigenvalue weighted by Crippen LogP contribution is 2.25. The van der Waals surface area contributed by atoms with Gasteiger partial charge < -0.3 is 4.98 Å². The molecule has 0 bridgehead atoms. The molecule has 0 saturated carbocycles. The molecule has 3 aromatic rings. The van der Waals surface area contributed by atoms with Crippen LogP contribution in [0, 0.1) is 6.92 Å². The van der Waals surface area contributed by atoms with E-state index in [1.165, 1.54) is 4.57 Å². The van der Waals surface area contributed by atoms with E-state index in [4.69, 9.17) is 4.11 Å². The minimum Gasteiger partial charge on any atom is -0.349 e. The van der Waals surface area contributed by atoms with Crippen molar-refractivity contribution < 1.29 is 8.68 Å². The summed E-state index contributed by atoms with van der Waals surface area (Å²) in [5.74, 6) is 0. The maximum absolute atomic E-state index is 7.51. The van der Waals surface area contributed by atoms with Crippen molar-refractivity contribution >= 4 is 21.8 Å². The second-order valence-electron chi connectivity index (χ2n) is 3.73. The molecular weight excluding hydrogens is 184 g/mol. The number of pyridine rings is 1. The van der Waals surface area contributed by atoms with Gasteiger partial charge in [0.25, 0.3) is 0 Å². The largest absolute Gasteiger partial charge is 0.349 e. The number of para-hydroxylation sites is 1. The van der Waals surface area contributed by atoms with Crippen LogP contribution in [-0.2, 0) is 6.98 Å². The highest BCUT2D eigenvalue weighted by molar-refractivity contribution is 6.07. The molecule has 1 N–H and O–H groups in total. The van der Waals surface area contributed by atoms with Crippen molar-refractivity contribution in [1.82, 2.24) is 4.98 Å². The molecule has 2 heteroatoms. The lowest BCUT2D eigenvalue weighted by molar-refractivity contribution is -0.676. The van der Waals surface area contributed by atoms with Gasteiger partial charge in [0.2, 0.25) is 5.69 Å². The van der Waals surface area contributed by atoms with Crippen LogP contribution in [-0.4, -0.2) is 4.98 Å². The normalized spacial score (nSPS) is 15.1. The van der Waals surface area contributed by atoms with Crippen molar-refractivity contribution in [3.05, 3.63) is 42.2 Å². The van der Waals surface area contributed by atoms with Crippen molar-refractivity contribution in [3.8, 4) is 0 Å². The predicted molar refractivity (Wildman–Crippen MR) is 61.7 cm³/mol. The molecule has 0 amide bonds. The molecule has 3 rings (SSSR count). The van der Waals surface area contributed by atoms with Gasteiger partial charge in [-0.05, 0) is 6.07 Å². The van der Waals surface area contributed by atoms with Gasteiger partial charge in [0.15, 0.2) is 6.20 Å². The number of nitrogens with one attached hydrogen (secondary N) is 1. The maximum atomic E-state index is 7.51. The summed E-state index contributed by atoms with van der Waals surface area (Å²) in [6.07, 6.45) is 1.63. The summed E-state index contributed by atoms with van der Waals surface area (Å²) in [4.78, 5) is 3.29. The minimum absolute atomic E-state index is 0.726. The standard InChI is InChI=1S/C13H12N2/c1-9-13-11(7-8-15(9)2)10-5-3-4-6-12(10)14-13/h3-8H,1-2H3/p+1/i2D3. The number of aromatic amines is 1. The third-order valence-electron chi connectivity index (χ3n) is 2.86. The van der Waals surface area contributed by atoms with E-state index < -0.39 is 6.98 Å². The summed E-state index contributed by atoms with van der Waals surface area (Å²) in [5.41, 5.74) is 2.64.